The highest BCUT2D eigenvalue weighted by atomic mass is 79.9. The molecule has 1 aromatic rings. The molecule has 0 saturated carbocycles. The number of thiocarbonyl (C=S) groups is 1. The molecule has 0 radical (unpaired) electrons. The molecule has 2 rings (SSSR count). The van der Waals surface area contributed by atoms with Crippen LogP contribution in [0.4, 0.5) is 13.2 Å². The fourth-order valence-corrected chi connectivity index (χ4v) is 2.28. The van der Waals surface area contributed by atoms with Crippen LogP contribution in [-0.2, 0) is 10.3 Å². The molecular weight excluding hydrogens is 333 g/mol. The Morgan fingerprint density at radius 2 is 2.22 bits per heavy atom. The minimum atomic E-state index is -2.91. The summed E-state index contributed by atoms with van der Waals surface area (Å²) in [4.78, 5) is 3.88. The average molecular weight is 341 g/mol. The second-order valence-corrected chi connectivity index (χ2v) is 5.08. The van der Waals surface area contributed by atoms with Gasteiger partial charge in [0.25, 0.3) is 6.43 Å². The van der Waals surface area contributed by atoms with E-state index in [0.717, 1.165) is 6.07 Å². The molecule has 1 fully saturated rings. The van der Waals surface area contributed by atoms with Gasteiger partial charge in [0.15, 0.2) is 5.54 Å². The summed E-state index contributed by atoms with van der Waals surface area (Å²) in [5.74, 6) is -0.834. The third-order valence-electron chi connectivity index (χ3n) is 2.53. The Kier molecular flexibility index (Phi) is 3.88. The van der Waals surface area contributed by atoms with Crippen molar-refractivity contribution in [2.24, 2.45) is 0 Å². The number of hydrogen-bond donors (Lipinski definition) is 1. The number of rotatable bonds is 2. The van der Waals surface area contributed by atoms with Gasteiger partial charge >= 0.3 is 0 Å². The molecule has 1 aliphatic heterocycles. The van der Waals surface area contributed by atoms with E-state index in [4.69, 9.17) is 17.0 Å². The number of halogens is 4. The molecule has 8 heteroatoms. The smallest absolute Gasteiger partial charge is 0.269 e. The second-order valence-electron chi connectivity index (χ2n) is 3.78. The fraction of sp³-hybridized carbons (Fsp3) is 0.400. The molecule has 1 aromatic heterocycles. The highest BCUT2D eigenvalue weighted by Crippen LogP contribution is 2.32. The van der Waals surface area contributed by atoms with Crippen LogP contribution in [0.5, 0.6) is 0 Å². The van der Waals surface area contributed by atoms with Crippen molar-refractivity contribution >= 4 is 33.1 Å². The van der Waals surface area contributed by atoms with E-state index in [0.29, 0.717) is 0 Å². The molecule has 1 aliphatic rings. The van der Waals surface area contributed by atoms with E-state index >= 15 is 0 Å². The van der Waals surface area contributed by atoms with Crippen LogP contribution in [0.2, 0.25) is 0 Å². The van der Waals surface area contributed by atoms with Crippen molar-refractivity contribution in [2.75, 3.05) is 13.2 Å². The van der Waals surface area contributed by atoms with Crippen LogP contribution in [0.3, 0.4) is 0 Å². The van der Waals surface area contributed by atoms with Crippen molar-refractivity contribution in [3.8, 4) is 0 Å². The van der Waals surface area contributed by atoms with E-state index in [1.54, 1.807) is 0 Å². The van der Waals surface area contributed by atoms with E-state index in [-0.39, 0.29) is 16.2 Å². The lowest BCUT2D eigenvalue weighted by atomic mass is 9.94. The molecule has 0 bridgehead atoms. The highest BCUT2D eigenvalue weighted by molar-refractivity contribution is 9.10. The van der Waals surface area contributed by atoms with E-state index in [1.807, 2.05) is 0 Å². The monoisotopic (exact) mass is 340 g/mol. The van der Waals surface area contributed by atoms with Crippen molar-refractivity contribution in [3.63, 3.8) is 0 Å². The van der Waals surface area contributed by atoms with Gasteiger partial charge in [-0.1, -0.05) is 12.2 Å². The first-order chi connectivity index (χ1) is 8.45. The van der Waals surface area contributed by atoms with E-state index in [2.05, 4.69) is 26.2 Å². The molecule has 18 heavy (non-hydrogen) atoms. The Balaban J connectivity index is 2.53. The predicted molar refractivity (Wildman–Crippen MR) is 66.1 cm³/mol. The molecule has 0 aromatic carbocycles. The van der Waals surface area contributed by atoms with Crippen LogP contribution >= 0.6 is 28.1 Å². The molecule has 98 valence electrons. The van der Waals surface area contributed by atoms with Crippen LogP contribution in [-0.4, -0.2) is 29.6 Å². The molecular formula is C10H8BrF3N2OS. The fourth-order valence-electron chi connectivity index (χ4n) is 1.71. The number of pyridine rings is 1. The summed E-state index contributed by atoms with van der Waals surface area (Å²) in [6.45, 7) is -0.357. The first kappa shape index (κ1) is 13.7. The lowest BCUT2D eigenvalue weighted by molar-refractivity contribution is -0.0344. The molecule has 0 spiro atoms. The van der Waals surface area contributed by atoms with Crippen LogP contribution < -0.4 is 5.32 Å². The zero-order valence-electron chi connectivity index (χ0n) is 8.92. The standard InChI is InChI=1S/C10H8BrF3N2OS/c11-6-2-1-5(12)8(15-6)10(9(13)14)4-17-3-7(18)16-10/h1-2,9H,3-4H2,(H,16,18). The normalized spacial score (nSPS) is 24.2. The second kappa shape index (κ2) is 5.10. The Hall–Kier alpha value is -0.730. The lowest BCUT2D eigenvalue weighted by Crippen LogP contribution is -2.59. The third kappa shape index (κ3) is 2.36. The zero-order chi connectivity index (χ0) is 13.3. The number of aromatic nitrogens is 1. The van der Waals surface area contributed by atoms with Crippen LogP contribution in [0.25, 0.3) is 0 Å². The molecule has 1 atom stereocenters. The summed E-state index contributed by atoms with van der Waals surface area (Å²) in [5.41, 5.74) is -2.45. The minimum absolute atomic E-state index is 0.0411. The molecule has 3 nitrogen and oxygen atoms in total. The van der Waals surface area contributed by atoms with Crippen LogP contribution in [0.15, 0.2) is 16.7 Å². The van der Waals surface area contributed by atoms with Gasteiger partial charge in [-0.25, -0.2) is 18.2 Å². The van der Waals surface area contributed by atoms with Crippen LogP contribution in [0.1, 0.15) is 5.69 Å². The van der Waals surface area contributed by atoms with Gasteiger partial charge in [0.05, 0.1) is 13.2 Å². The summed E-state index contributed by atoms with van der Waals surface area (Å²) >= 11 is 7.85. The van der Waals surface area contributed by atoms with E-state index in [9.17, 15) is 13.2 Å². The van der Waals surface area contributed by atoms with E-state index in [1.165, 1.54) is 6.07 Å². The summed E-state index contributed by atoms with van der Waals surface area (Å²) in [6.07, 6.45) is -2.91. The third-order valence-corrected chi connectivity index (χ3v) is 3.19. The Bertz CT molecular complexity index is 488. The van der Waals surface area contributed by atoms with Crippen LogP contribution in [0, 0.1) is 5.82 Å². The average Bonchev–Trinajstić information content (AvgIpc) is 2.32. The summed E-state index contributed by atoms with van der Waals surface area (Å²) < 4.78 is 45.6. The number of ether oxygens (including phenoxy) is 1. The van der Waals surface area contributed by atoms with E-state index < -0.39 is 30.1 Å². The summed E-state index contributed by atoms with van der Waals surface area (Å²) in [7, 11) is 0. The Morgan fingerprint density at radius 1 is 1.50 bits per heavy atom. The number of hydrogen-bond acceptors (Lipinski definition) is 3. The van der Waals surface area contributed by atoms with Gasteiger partial charge in [0, 0.05) is 0 Å². The van der Waals surface area contributed by atoms with Gasteiger partial charge in [-0.15, -0.1) is 0 Å². The molecule has 1 unspecified atom stereocenters. The Labute approximate surface area is 115 Å². The van der Waals surface area contributed by atoms with Gasteiger partial charge in [0.2, 0.25) is 0 Å². The summed E-state index contributed by atoms with van der Waals surface area (Å²) in [5, 5.41) is 2.45. The maximum Gasteiger partial charge on any atom is 0.269 e. The first-order valence-corrected chi connectivity index (χ1v) is 6.15. The number of alkyl halides is 2. The number of nitrogens with zero attached hydrogens (tertiary/aromatic N) is 1. The van der Waals surface area contributed by atoms with Crippen molar-refractivity contribution < 1.29 is 17.9 Å². The van der Waals surface area contributed by atoms with Crippen molar-refractivity contribution in [1.29, 1.82) is 0 Å². The van der Waals surface area contributed by atoms with Crippen molar-refractivity contribution in [2.45, 2.75) is 12.0 Å². The number of morpholine rings is 1. The SMILES string of the molecule is Fc1ccc(Br)nc1C1(C(F)F)COCC(=S)N1. The van der Waals surface area contributed by atoms with Gasteiger partial charge < -0.3 is 10.1 Å². The van der Waals surface area contributed by atoms with Crippen molar-refractivity contribution in [1.82, 2.24) is 10.3 Å². The lowest BCUT2D eigenvalue weighted by Gasteiger charge is -2.37. The van der Waals surface area contributed by atoms with Crippen molar-refractivity contribution in [3.05, 3.63) is 28.2 Å². The van der Waals surface area contributed by atoms with Gasteiger partial charge in [0.1, 0.15) is 21.1 Å². The van der Waals surface area contributed by atoms with Gasteiger partial charge in [-0.2, -0.15) is 0 Å². The maximum atomic E-state index is 13.7. The number of nitrogens with one attached hydrogen (secondary N) is 1. The summed E-state index contributed by atoms with van der Waals surface area (Å²) in [6, 6.07) is 2.40. The topological polar surface area (TPSA) is 34.1 Å². The van der Waals surface area contributed by atoms with Gasteiger partial charge in [-0.05, 0) is 28.1 Å². The molecule has 2 heterocycles. The molecule has 0 amide bonds. The largest absolute Gasteiger partial charge is 0.371 e. The highest BCUT2D eigenvalue weighted by Gasteiger charge is 2.48. The predicted octanol–water partition coefficient (Wildman–Crippen LogP) is 2.39. The molecule has 0 aliphatic carbocycles. The minimum Gasteiger partial charge on any atom is -0.371 e. The molecule has 1 N–H and O–H groups in total. The zero-order valence-corrected chi connectivity index (χ0v) is 11.3. The Morgan fingerprint density at radius 3 is 2.83 bits per heavy atom. The van der Waals surface area contributed by atoms with Gasteiger partial charge in [-0.3, -0.25) is 0 Å². The quantitative estimate of drug-likeness (QED) is 0.662. The first-order valence-electron chi connectivity index (χ1n) is 4.95. The maximum absolute atomic E-state index is 13.7. The molecule has 1 saturated heterocycles.